The fraction of sp³-hybridized carbons (Fsp3) is 0.500. The van der Waals surface area contributed by atoms with Gasteiger partial charge in [0, 0.05) is 10.4 Å². The molecular weight excluding hydrogens is 240 g/mol. The van der Waals surface area contributed by atoms with Crippen molar-refractivity contribution in [3.05, 3.63) is 34.3 Å². The summed E-state index contributed by atoms with van der Waals surface area (Å²) in [5.41, 5.74) is 1.41. The number of hydrogen-bond donors (Lipinski definition) is 0. The van der Waals surface area contributed by atoms with Gasteiger partial charge in [0.25, 0.3) is 0 Å². The molecule has 1 aromatic carbocycles. The molecule has 0 bridgehead atoms. The number of halogens is 1. The Labute approximate surface area is 94.6 Å². The summed E-state index contributed by atoms with van der Waals surface area (Å²) in [5, 5.41) is 0. The van der Waals surface area contributed by atoms with Gasteiger partial charge in [0.05, 0.1) is 13.2 Å². The summed E-state index contributed by atoms with van der Waals surface area (Å²) in [6, 6.07) is 8.52. The third kappa shape index (κ3) is 3.43. The summed E-state index contributed by atoms with van der Waals surface area (Å²) in [6.45, 7) is 5.88. The Balaban J connectivity index is 0.000000461. The highest BCUT2D eigenvalue weighted by molar-refractivity contribution is 9.10. The average molecular weight is 257 g/mol. The van der Waals surface area contributed by atoms with E-state index in [1.165, 1.54) is 5.56 Å². The van der Waals surface area contributed by atoms with Crippen LogP contribution >= 0.6 is 15.9 Å². The number of ether oxygens (including phenoxy) is 1. The second-order valence-corrected chi connectivity index (χ2v) is 4.15. The van der Waals surface area contributed by atoms with Crippen LogP contribution in [0.25, 0.3) is 0 Å². The van der Waals surface area contributed by atoms with E-state index in [-0.39, 0.29) is 0 Å². The van der Waals surface area contributed by atoms with Crippen LogP contribution in [0.5, 0.6) is 0 Å². The molecule has 0 amide bonds. The minimum Gasteiger partial charge on any atom is -0.381 e. The van der Waals surface area contributed by atoms with E-state index in [1.807, 2.05) is 13.8 Å². The molecule has 1 heterocycles. The predicted molar refractivity (Wildman–Crippen MR) is 63.5 cm³/mol. The molecule has 0 atom stereocenters. The van der Waals surface area contributed by atoms with Crippen LogP contribution in [0.2, 0.25) is 0 Å². The van der Waals surface area contributed by atoms with Crippen molar-refractivity contribution in [2.24, 2.45) is 5.92 Å². The lowest BCUT2D eigenvalue weighted by Gasteiger charge is -2.25. The van der Waals surface area contributed by atoms with Crippen molar-refractivity contribution in [3.63, 3.8) is 0 Å². The first kappa shape index (κ1) is 11.7. The van der Waals surface area contributed by atoms with Gasteiger partial charge in [0.1, 0.15) is 0 Å². The van der Waals surface area contributed by atoms with E-state index in [9.17, 15) is 0 Å². The van der Waals surface area contributed by atoms with E-state index in [1.54, 1.807) is 0 Å². The lowest BCUT2D eigenvalue weighted by Crippen LogP contribution is -2.29. The second-order valence-electron chi connectivity index (χ2n) is 3.23. The van der Waals surface area contributed by atoms with E-state index < -0.39 is 0 Å². The van der Waals surface area contributed by atoms with Gasteiger partial charge in [-0.05, 0) is 24.1 Å². The molecule has 2 rings (SSSR count). The summed E-state index contributed by atoms with van der Waals surface area (Å²) in [5.74, 6) is 0.756. The molecule has 14 heavy (non-hydrogen) atoms. The van der Waals surface area contributed by atoms with Gasteiger partial charge in [-0.25, -0.2) is 0 Å². The zero-order chi connectivity index (χ0) is 10.4. The molecule has 0 radical (unpaired) electrons. The van der Waals surface area contributed by atoms with Crippen LogP contribution in [0.15, 0.2) is 28.7 Å². The topological polar surface area (TPSA) is 9.23 Å². The fourth-order valence-corrected chi connectivity index (χ4v) is 1.62. The molecule has 1 aromatic rings. The molecule has 0 aromatic heterocycles. The third-order valence-electron chi connectivity index (χ3n) is 2.14. The van der Waals surface area contributed by atoms with Crippen LogP contribution in [-0.2, 0) is 11.2 Å². The normalized spacial score (nSPS) is 15.4. The summed E-state index contributed by atoms with van der Waals surface area (Å²) >= 11 is 3.42. The SMILES string of the molecule is Brc1ccc(CC2COC2)cc1.CC. The Kier molecular flexibility index (Phi) is 5.20. The Bertz CT molecular complexity index is 252. The van der Waals surface area contributed by atoms with Gasteiger partial charge in [0.15, 0.2) is 0 Å². The van der Waals surface area contributed by atoms with Gasteiger partial charge in [-0.2, -0.15) is 0 Å². The average Bonchev–Trinajstić information content (AvgIpc) is 2.17. The first-order valence-corrected chi connectivity index (χ1v) is 5.96. The number of hydrogen-bond acceptors (Lipinski definition) is 1. The third-order valence-corrected chi connectivity index (χ3v) is 2.67. The Morgan fingerprint density at radius 1 is 1.21 bits per heavy atom. The highest BCUT2D eigenvalue weighted by Gasteiger charge is 2.18. The van der Waals surface area contributed by atoms with E-state index in [0.717, 1.165) is 30.0 Å². The van der Waals surface area contributed by atoms with E-state index >= 15 is 0 Å². The van der Waals surface area contributed by atoms with Gasteiger partial charge in [-0.3, -0.25) is 0 Å². The maximum absolute atomic E-state index is 5.12. The maximum Gasteiger partial charge on any atom is 0.0519 e. The summed E-state index contributed by atoms with van der Waals surface area (Å²) in [4.78, 5) is 0. The van der Waals surface area contributed by atoms with Gasteiger partial charge in [0.2, 0.25) is 0 Å². The minimum absolute atomic E-state index is 0.756. The molecule has 0 aliphatic carbocycles. The molecule has 1 fully saturated rings. The molecule has 0 unspecified atom stereocenters. The van der Waals surface area contributed by atoms with Crippen LogP contribution in [0.4, 0.5) is 0 Å². The minimum atomic E-state index is 0.756. The summed E-state index contributed by atoms with van der Waals surface area (Å²) in [7, 11) is 0. The van der Waals surface area contributed by atoms with Crippen LogP contribution in [0.1, 0.15) is 19.4 Å². The van der Waals surface area contributed by atoms with E-state index in [2.05, 4.69) is 40.2 Å². The van der Waals surface area contributed by atoms with Crippen LogP contribution in [0.3, 0.4) is 0 Å². The smallest absolute Gasteiger partial charge is 0.0519 e. The predicted octanol–water partition coefficient (Wildman–Crippen LogP) is 3.66. The van der Waals surface area contributed by atoms with Gasteiger partial charge in [-0.15, -0.1) is 0 Å². The molecule has 0 N–H and O–H groups in total. The Morgan fingerprint density at radius 3 is 2.21 bits per heavy atom. The molecule has 0 spiro atoms. The van der Waals surface area contributed by atoms with Crippen molar-refractivity contribution < 1.29 is 4.74 Å². The largest absolute Gasteiger partial charge is 0.381 e. The fourth-order valence-electron chi connectivity index (χ4n) is 1.36. The molecule has 1 saturated heterocycles. The zero-order valence-corrected chi connectivity index (χ0v) is 10.4. The molecular formula is C12H17BrO. The summed E-state index contributed by atoms with van der Waals surface area (Å²) < 4.78 is 6.27. The van der Waals surface area contributed by atoms with Gasteiger partial charge >= 0.3 is 0 Å². The first-order chi connectivity index (χ1) is 6.84. The van der Waals surface area contributed by atoms with Gasteiger partial charge in [-0.1, -0.05) is 41.9 Å². The monoisotopic (exact) mass is 256 g/mol. The molecule has 0 saturated carbocycles. The van der Waals surface area contributed by atoms with Crippen LogP contribution < -0.4 is 0 Å². The van der Waals surface area contributed by atoms with Crippen LogP contribution in [0, 0.1) is 5.92 Å². The molecule has 1 aliphatic rings. The highest BCUT2D eigenvalue weighted by Crippen LogP contribution is 2.18. The van der Waals surface area contributed by atoms with Gasteiger partial charge < -0.3 is 4.74 Å². The van der Waals surface area contributed by atoms with E-state index in [0.29, 0.717) is 0 Å². The van der Waals surface area contributed by atoms with Crippen molar-refractivity contribution in [1.82, 2.24) is 0 Å². The number of benzene rings is 1. The standard InChI is InChI=1S/C10H11BrO.C2H6/c11-10-3-1-8(2-4-10)5-9-6-12-7-9;1-2/h1-4,9H,5-7H2;1-2H3. The van der Waals surface area contributed by atoms with Crippen molar-refractivity contribution in [1.29, 1.82) is 0 Å². The first-order valence-electron chi connectivity index (χ1n) is 5.17. The maximum atomic E-state index is 5.12. The lowest BCUT2D eigenvalue weighted by atomic mass is 9.98. The lowest BCUT2D eigenvalue weighted by molar-refractivity contribution is -0.0312. The van der Waals surface area contributed by atoms with Crippen LogP contribution in [-0.4, -0.2) is 13.2 Å². The second kappa shape index (κ2) is 6.20. The molecule has 2 heteroatoms. The Morgan fingerprint density at radius 2 is 1.79 bits per heavy atom. The molecule has 1 aliphatic heterocycles. The quantitative estimate of drug-likeness (QED) is 0.785. The highest BCUT2D eigenvalue weighted by atomic mass is 79.9. The van der Waals surface area contributed by atoms with Crippen molar-refractivity contribution in [3.8, 4) is 0 Å². The molecule has 1 nitrogen and oxygen atoms in total. The zero-order valence-electron chi connectivity index (χ0n) is 8.79. The van der Waals surface area contributed by atoms with Crippen molar-refractivity contribution in [2.75, 3.05) is 13.2 Å². The van der Waals surface area contributed by atoms with Crippen molar-refractivity contribution >= 4 is 15.9 Å². The van der Waals surface area contributed by atoms with E-state index in [4.69, 9.17) is 4.74 Å². The molecule has 78 valence electrons. The summed E-state index contributed by atoms with van der Waals surface area (Å²) in [6.07, 6.45) is 1.16. The Hall–Kier alpha value is -0.340. The number of rotatable bonds is 2. The van der Waals surface area contributed by atoms with Crippen molar-refractivity contribution in [2.45, 2.75) is 20.3 Å².